The molecule has 174 valence electrons. The van der Waals surface area contributed by atoms with Gasteiger partial charge in [-0.25, -0.2) is 4.39 Å². The van der Waals surface area contributed by atoms with Crippen molar-refractivity contribution in [1.82, 2.24) is 5.43 Å². The zero-order valence-corrected chi connectivity index (χ0v) is 18.6. The van der Waals surface area contributed by atoms with E-state index in [1.165, 1.54) is 12.1 Å². The average molecular weight is 461 g/mol. The topological polar surface area (TPSA) is 81.2 Å². The predicted octanol–water partition coefficient (Wildman–Crippen LogP) is 4.49. The lowest BCUT2D eigenvalue weighted by Gasteiger charge is -2.25. The largest absolute Gasteiger partial charge is 0.497 e. The van der Waals surface area contributed by atoms with Gasteiger partial charge < -0.3 is 25.0 Å². The molecule has 2 aliphatic heterocycles. The van der Waals surface area contributed by atoms with Crippen LogP contribution in [0.2, 0.25) is 0 Å². The molecule has 0 aromatic heterocycles. The van der Waals surface area contributed by atoms with Crippen molar-refractivity contribution >= 4 is 17.8 Å². The molecule has 2 atom stereocenters. The van der Waals surface area contributed by atoms with E-state index in [0.29, 0.717) is 30.2 Å². The van der Waals surface area contributed by atoms with Gasteiger partial charge in [-0.15, -0.1) is 0 Å². The van der Waals surface area contributed by atoms with Crippen LogP contribution in [0.25, 0.3) is 0 Å². The summed E-state index contributed by atoms with van der Waals surface area (Å²) >= 11 is 0. The minimum Gasteiger partial charge on any atom is -0.497 e. The second-order valence-electron chi connectivity index (χ2n) is 8.23. The number of nitrogens with one attached hydrogen (secondary N) is 2. The molecule has 1 amide bonds. The summed E-state index contributed by atoms with van der Waals surface area (Å²) in [6, 6.07) is 17.0. The number of hydrogen-bond acceptors (Lipinski definition) is 6. The average Bonchev–Trinajstić information content (AvgIpc) is 3.41. The zero-order chi connectivity index (χ0) is 23.5. The number of rotatable bonds is 6. The fourth-order valence-electron chi connectivity index (χ4n) is 4.04. The normalized spacial score (nSPS) is 18.4. The standard InChI is InChI=1S/C26H24FN3O4/c1-32-22-7-9-24-17(11-22)10-18(15-33-24)26(31)30-23-8-2-16(19-13-28-29-14-19)12-25(23)34-21-5-3-20(27)4-6-21/h2-9,11-13,18-19,29H,10,14-15H2,1H3,(H,30,31). The van der Waals surface area contributed by atoms with E-state index in [2.05, 4.69) is 15.8 Å². The Morgan fingerprint density at radius 1 is 1.12 bits per heavy atom. The van der Waals surface area contributed by atoms with E-state index < -0.39 is 0 Å². The number of amides is 1. The van der Waals surface area contributed by atoms with Gasteiger partial charge in [-0.1, -0.05) is 6.07 Å². The summed E-state index contributed by atoms with van der Waals surface area (Å²) < 4.78 is 30.5. The molecule has 3 aromatic carbocycles. The number of halogens is 1. The zero-order valence-electron chi connectivity index (χ0n) is 18.6. The Morgan fingerprint density at radius 2 is 1.94 bits per heavy atom. The Labute approximate surface area is 196 Å². The Bertz CT molecular complexity index is 1230. The summed E-state index contributed by atoms with van der Waals surface area (Å²) in [4.78, 5) is 13.2. The number of ether oxygens (including phenoxy) is 3. The molecule has 0 fully saturated rings. The number of carbonyl (C=O) groups is 1. The maximum absolute atomic E-state index is 13.4. The van der Waals surface area contributed by atoms with Gasteiger partial charge in [0.25, 0.3) is 0 Å². The van der Waals surface area contributed by atoms with E-state index in [4.69, 9.17) is 14.2 Å². The van der Waals surface area contributed by atoms with Crippen LogP contribution in [0.5, 0.6) is 23.0 Å². The molecule has 8 heteroatoms. The van der Waals surface area contributed by atoms with Gasteiger partial charge in [-0.3, -0.25) is 4.79 Å². The first-order chi connectivity index (χ1) is 16.6. The molecule has 2 N–H and O–H groups in total. The van der Waals surface area contributed by atoms with Crippen LogP contribution in [0.4, 0.5) is 10.1 Å². The lowest BCUT2D eigenvalue weighted by atomic mass is 9.95. The third-order valence-electron chi connectivity index (χ3n) is 5.93. The lowest BCUT2D eigenvalue weighted by Crippen LogP contribution is -2.32. The van der Waals surface area contributed by atoms with Gasteiger partial charge in [0.15, 0.2) is 5.75 Å². The quantitative estimate of drug-likeness (QED) is 0.565. The third kappa shape index (κ3) is 4.66. The highest BCUT2D eigenvalue weighted by molar-refractivity contribution is 5.94. The van der Waals surface area contributed by atoms with Crippen LogP contribution in [0.15, 0.2) is 65.8 Å². The first-order valence-electron chi connectivity index (χ1n) is 11.0. The van der Waals surface area contributed by atoms with Crippen molar-refractivity contribution in [3.63, 3.8) is 0 Å². The second kappa shape index (κ2) is 9.43. The van der Waals surface area contributed by atoms with E-state index in [0.717, 1.165) is 22.6 Å². The summed E-state index contributed by atoms with van der Waals surface area (Å²) in [5.41, 5.74) is 5.39. The van der Waals surface area contributed by atoms with Gasteiger partial charge in [-0.05, 0) is 72.1 Å². The molecular weight excluding hydrogens is 437 g/mol. The van der Waals surface area contributed by atoms with Crippen LogP contribution < -0.4 is 25.0 Å². The molecule has 0 saturated heterocycles. The molecule has 0 spiro atoms. The summed E-state index contributed by atoms with van der Waals surface area (Å²) in [7, 11) is 1.61. The molecule has 5 rings (SSSR count). The van der Waals surface area contributed by atoms with E-state index >= 15 is 0 Å². The number of methoxy groups -OCH3 is 1. The van der Waals surface area contributed by atoms with Crippen molar-refractivity contribution in [2.24, 2.45) is 11.0 Å². The van der Waals surface area contributed by atoms with Crippen molar-refractivity contribution in [2.45, 2.75) is 12.3 Å². The SMILES string of the molecule is COc1ccc2c(c1)CC(C(=O)Nc1ccc(C3C=NNC3)cc1Oc1ccc(F)cc1)CO2. The van der Waals surface area contributed by atoms with Crippen LogP contribution in [-0.2, 0) is 11.2 Å². The van der Waals surface area contributed by atoms with Gasteiger partial charge in [0.2, 0.25) is 5.91 Å². The van der Waals surface area contributed by atoms with Crippen LogP contribution in [0, 0.1) is 11.7 Å². The fraction of sp³-hybridized carbons (Fsp3) is 0.231. The van der Waals surface area contributed by atoms with E-state index in [1.807, 2.05) is 42.6 Å². The van der Waals surface area contributed by atoms with Crippen molar-refractivity contribution in [1.29, 1.82) is 0 Å². The fourth-order valence-corrected chi connectivity index (χ4v) is 4.04. The van der Waals surface area contributed by atoms with Crippen molar-refractivity contribution < 1.29 is 23.4 Å². The van der Waals surface area contributed by atoms with Crippen molar-refractivity contribution in [3.8, 4) is 23.0 Å². The first kappa shape index (κ1) is 21.8. The monoisotopic (exact) mass is 461 g/mol. The smallest absolute Gasteiger partial charge is 0.231 e. The Balaban J connectivity index is 1.37. The molecule has 0 bridgehead atoms. The van der Waals surface area contributed by atoms with E-state index in [-0.39, 0.29) is 30.2 Å². The molecule has 2 aliphatic rings. The molecule has 7 nitrogen and oxygen atoms in total. The summed E-state index contributed by atoms with van der Waals surface area (Å²) in [5, 5.41) is 7.07. The van der Waals surface area contributed by atoms with Crippen molar-refractivity contribution in [2.75, 3.05) is 25.6 Å². The number of hydrogen-bond donors (Lipinski definition) is 2. The Kier molecular flexibility index (Phi) is 6.03. The van der Waals surface area contributed by atoms with Gasteiger partial charge >= 0.3 is 0 Å². The maximum atomic E-state index is 13.4. The maximum Gasteiger partial charge on any atom is 0.231 e. The molecule has 3 aromatic rings. The Morgan fingerprint density at radius 3 is 2.71 bits per heavy atom. The second-order valence-corrected chi connectivity index (χ2v) is 8.23. The van der Waals surface area contributed by atoms with Gasteiger partial charge in [0.05, 0.1) is 18.7 Å². The number of hydrazone groups is 1. The minimum absolute atomic E-state index is 0.0959. The minimum atomic E-state index is -0.371. The van der Waals surface area contributed by atoms with E-state index in [9.17, 15) is 9.18 Å². The van der Waals surface area contributed by atoms with E-state index in [1.54, 1.807) is 19.2 Å². The molecule has 0 radical (unpaired) electrons. The highest BCUT2D eigenvalue weighted by Crippen LogP contribution is 2.35. The number of anilines is 1. The summed E-state index contributed by atoms with van der Waals surface area (Å²) in [6.45, 7) is 0.964. The highest BCUT2D eigenvalue weighted by atomic mass is 19.1. The molecule has 2 unspecified atom stereocenters. The molecular formula is C26H24FN3O4. The Hall–Kier alpha value is -4.07. The summed E-state index contributed by atoms with van der Waals surface area (Å²) in [6.07, 6.45) is 2.37. The number of carbonyl (C=O) groups excluding carboxylic acids is 1. The molecule has 2 heterocycles. The van der Waals surface area contributed by atoms with Crippen molar-refractivity contribution in [3.05, 3.63) is 77.6 Å². The van der Waals surface area contributed by atoms with Crippen LogP contribution >= 0.6 is 0 Å². The van der Waals surface area contributed by atoms with Gasteiger partial charge in [0, 0.05) is 18.7 Å². The summed E-state index contributed by atoms with van der Waals surface area (Å²) in [5.74, 6) is 1.63. The molecule has 0 saturated carbocycles. The van der Waals surface area contributed by atoms with Gasteiger partial charge in [0.1, 0.15) is 29.7 Å². The lowest BCUT2D eigenvalue weighted by molar-refractivity contribution is -0.121. The first-order valence-corrected chi connectivity index (χ1v) is 11.0. The van der Waals surface area contributed by atoms with Crippen LogP contribution in [0.1, 0.15) is 17.0 Å². The predicted molar refractivity (Wildman–Crippen MR) is 126 cm³/mol. The van der Waals surface area contributed by atoms with Crippen LogP contribution in [-0.4, -0.2) is 32.4 Å². The third-order valence-corrected chi connectivity index (χ3v) is 5.93. The van der Waals surface area contributed by atoms with Crippen LogP contribution in [0.3, 0.4) is 0 Å². The number of fused-ring (bicyclic) bond motifs is 1. The number of benzene rings is 3. The van der Waals surface area contributed by atoms with Gasteiger partial charge in [-0.2, -0.15) is 5.10 Å². The molecule has 34 heavy (non-hydrogen) atoms. The molecule has 0 aliphatic carbocycles. The number of nitrogens with zero attached hydrogens (tertiary/aromatic N) is 1. The highest BCUT2D eigenvalue weighted by Gasteiger charge is 2.27.